The first-order chi connectivity index (χ1) is 13.5. The van der Waals surface area contributed by atoms with Crippen molar-refractivity contribution in [3.05, 3.63) is 46.4 Å². The number of fused-ring (bicyclic) bond motifs is 2. The second-order valence-electron chi connectivity index (χ2n) is 5.58. The summed E-state index contributed by atoms with van der Waals surface area (Å²) in [5.74, 6) is 0.381. The maximum absolute atomic E-state index is 12.0. The van der Waals surface area contributed by atoms with Gasteiger partial charge in [-0.3, -0.25) is 0 Å². The number of hydrogen-bond donors (Lipinski definition) is 0. The molecule has 146 valence electrons. The fourth-order valence-corrected chi connectivity index (χ4v) is 3.24. The average molecular weight is 423 g/mol. The average Bonchev–Trinajstić information content (AvgIpc) is 2.64. The van der Waals surface area contributed by atoms with Crippen LogP contribution < -0.4 is 9.47 Å². The van der Waals surface area contributed by atoms with Crippen LogP contribution in [0, 0.1) is 0 Å². The molecule has 0 aliphatic rings. The van der Waals surface area contributed by atoms with Gasteiger partial charge in [0.2, 0.25) is 0 Å². The van der Waals surface area contributed by atoms with E-state index >= 15 is 0 Å². The fraction of sp³-hybridized carbons (Fsp3) is 0.200. The molecule has 3 aromatic carbocycles. The summed E-state index contributed by atoms with van der Waals surface area (Å²) in [6.45, 7) is 3.64. The molecule has 0 N–H and O–H groups in total. The molecule has 3 aromatic rings. The molecule has 3 rings (SSSR count). The van der Waals surface area contributed by atoms with Crippen LogP contribution in [0.5, 0.6) is 11.5 Å². The molecule has 0 bridgehead atoms. The third-order valence-electron chi connectivity index (χ3n) is 3.85. The molecule has 0 aliphatic carbocycles. The maximum Gasteiger partial charge on any atom is 0.513 e. The Morgan fingerprint density at radius 3 is 2.11 bits per heavy atom. The Labute approximate surface area is 170 Å². The van der Waals surface area contributed by atoms with Crippen molar-refractivity contribution in [3.8, 4) is 11.5 Å². The first kappa shape index (κ1) is 20.0. The van der Waals surface area contributed by atoms with E-state index in [-0.39, 0.29) is 24.7 Å². The maximum atomic E-state index is 12.0. The highest BCUT2D eigenvalue weighted by molar-refractivity contribution is 6.38. The van der Waals surface area contributed by atoms with E-state index in [1.54, 1.807) is 50.2 Å². The second kappa shape index (κ2) is 8.54. The van der Waals surface area contributed by atoms with Gasteiger partial charge < -0.3 is 18.9 Å². The topological polar surface area (TPSA) is 71.1 Å². The van der Waals surface area contributed by atoms with E-state index in [1.165, 1.54) is 0 Å². The second-order valence-corrected chi connectivity index (χ2v) is 6.42. The highest BCUT2D eigenvalue weighted by Crippen LogP contribution is 2.46. The molecule has 0 atom stereocenters. The van der Waals surface area contributed by atoms with E-state index < -0.39 is 12.3 Å². The third-order valence-corrected chi connectivity index (χ3v) is 4.40. The lowest BCUT2D eigenvalue weighted by Crippen LogP contribution is -2.12. The zero-order chi connectivity index (χ0) is 20.3. The van der Waals surface area contributed by atoms with Crippen molar-refractivity contribution in [2.45, 2.75) is 13.8 Å². The molecule has 28 heavy (non-hydrogen) atoms. The van der Waals surface area contributed by atoms with E-state index in [0.29, 0.717) is 31.6 Å². The Morgan fingerprint density at radius 1 is 0.821 bits per heavy atom. The molecule has 0 heterocycles. The Morgan fingerprint density at radius 2 is 1.46 bits per heavy atom. The monoisotopic (exact) mass is 422 g/mol. The standard InChI is InChI=1S/C20H16Cl2O6/c1-3-25-19(23)27-17-13-6-5-7-15(22)16(13)18(28-20(24)26-4-2)12-9-8-11(21)10-14(12)17/h5-10H,3-4H2,1-2H3. The minimum Gasteiger partial charge on any atom is -0.434 e. The summed E-state index contributed by atoms with van der Waals surface area (Å²) in [5, 5.41) is 2.49. The number of ether oxygens (including phenoxy) is 4. The van der Waals surface area contributed by atoms with Crippen molar-refractivity contribution in [3.63, 3.8) is 0 Å². The summed E-state index contributed by atoms with van der Waals surface area (Å²) in [7, 11) is 0. The summed E-state index contributed by atoms with van der Waals surface area (Å²) >= 11 is 12.5. The quantitative estimate of drug-likeness (QED) is 0.276. The molecular formula is C20H16Cl2O6. The summed E-state index contributed by atoms with van der Waals surface area (Å²) in [6, 6.07) is 9.88. The Hall–Kier alpha value is -2.70. The van der Waals surface area contributed by atoms with Gasteiger partial charge in [-0.25, -0.2) is 9.59 Å². The minimum absolute atomic E-state index is 0.151. The lowest BCUT2D eigenvalue weighted by atomic mass is 10.0. The van der Waals surface area contributed by atoms with E-state index in [9.17, 15) is 9.59 Å². The van der Waals surface area contributed by atoms with Crippen molar-refractivity contribution < 1.29 is 28.5 Å². The van der Waals surface area contributed by atoms with E-state index in [4.69, 9.17) is 42.1 Å². The van der Waals surface area contributed by atoms with Crippen molar-refractivity contribution in [1.82, 2.24) is 0 Å². The molecule has 0 aliphatic heterocycles. The van der Waals surface area contributed by atoms with Crippen LogP contribution in [0.1, 0.15) is 13.8 Å². The molecule has 0 fully saturated rings. The SMILES string of the molecule is CCOC(=O)Oc1c2cc(Cl)ccc2c(OC(=O)OCC)c2c(Cl)cccc12. The van der Waals surface area contributed by atoms with Crippen LogP contribution in [-0.2, 0) is 9.47 Å². The highest BCUT2D eigenvalue weighted by atomic mass is 35.5. The summed E-state index contributed by atoms with van der Waals surface area (Å²) in [5.41, 5.74) is 0. The third kappa shape index (κ3) is 3.93. The lowest BCUT2D eigenvalue weighted by molar-refractivity contribution is 0.103. The molecule has 0 radical (unpaired) electrons. The zero-order valence-corrected chi connectivity index (χ0v) is 16.6. The first-order valence-electron chi connectivity index (χ1n) is 8.48. The molecule has 8 heteroatoms. The molecule has 0 saturated carbocycles. The summed E-state index contributed by atoms with van der Waals surface area (Å²) in [6.07, 6.45) is -1.75. The van der Waals surface area contributed by atoms with E-state index in [2.05, 4.69) is 0 Å². The van der Waals surface area contributed by atoms with Crippen molar-refractivity contribution in [1.29, 1.82) is 0 Å². The van der Waals surface area contributed by atoms with Gasteiger partial charge in [-0.1, -0.05) is 35.3 Å². The highest BCUT2D eigenvalue weighted by Gasteiger charge is 2.23. The van der Waals surface area contributed by atoms with Crippen LogP contribution >= 0.6 is 23.2 Å². The predicted molar refractivity (Wildman–Crippen MR) is 107 cm³/mol. The molecule has 0 aromatic heterocycles. The summed E-state index contributed by atoms with van der Waals surface area (Å²) in [4.78, 5) is 24.0. The van der Waals surface area contributed by atoms with Crippen molar-refractivity contribution in [2.75, 3.05) is 13.2 Å². The van der Waals surface area contributed by atoms with Gasteiger partial charge in [0.1, 0.15) is 0 Å². The Bertz CT molecular complexity index is 1060. The number of halogens is 2. The van der Waals surface area contributed by atoms with Crippen LogP contribution in [0.4, 0.5) is 9.59 Å². The lowest BCUT2D eigenvalue weighted by Gasteiger charge is -2.17. The van der Waals surface area contributed by atoms with Gasteiger partial charge in [0, 0.05) is 26.6 Å². The van der Waals surface area contributed by atoms with Gasteiger partial charge in [0.05, 0.1) is 18.2 Å². The number of benzene rings is 3. The molecule has 0 amide bonds. The van der Waals surface area contributed by atoms with Gasteiger partial charge in [-0.15, -0.1) is 0 Å². The van der Waals surface area contributed by atoms with Gasteiger partial charge in [0.25, 0.3) is 0 Å². The zero-order valence-electron chi connectivity index (χ0n) is 15.1. The van der Waals surface area contributed by atoms with E-state index in [1.807, 2.05) is 0 Å². The van der Waals surface area contributed by atoms with Crippen LogP contribution in [0.3, 0.4) is 0 Å². The first-order valence-corrected chi connectivity index (χ1v) is 9.24. The minimum atomic E-state index is -0.876. The van der Waals surface area contributed by atoms with E-state index in [0.717, 1.165) is 0 Å². The normalized spacial score (nSPS) is 10.7. The molecule has 0 unspecified atom stereocenters. The largest absolute Gasteiger partial charge is 0.513 e. The van der Waals surface area contributed by atoms with Crippen LogP contribution in [0.25, 0.3) is 21.5 Å². The van der Waals surface area contributed by atoms with Crippen LogP contribution in [-0.4, -0.2) is 25.5 Å². The number of carbonyl (C=O) groups is 2. The fourth-order valence-electron chi connectivity index (χ4n) is 2.80. The Kier molecular flexibility index (Phi) is 6.11. The van der Waals surface area contributed by atoms with Gasteiger partial charge >= 0.3 is 12.3 Å². The smallest absolute Gasteiger partial charge is 0.434 e. The summed E-state index contributed by atoms with van der Waals surface area (Å²) < 4.78 is 20.7. The number of carbonyl (C=O) groups excluding carboxylic acids is 2. The predicted octanol–water partition coefficient (Wildman–Crippen LogP) is 6.37. The van der Waals surface area contributed by atoms with Gasteiger partial charge in [-0.2, -0.15) is 0 Å². The Balaban J connectivity index is 2.35. The molecule has 0 spiro atoms. The molecule has 6 nitrogen and oxygen atoms in total. The molecular weight excluding hydrogens is 407 g/mol. The van der Waals surface area contributed by atoms with Gasteiger partial charge in [0.15, 0.2) is 11.5 Å². The van der Waals surface area contributed by atoms with Gasteiger partial charge in [-0.05, 0) is 38.1 Å². The van der Waals surface area contributed by atoms with Crippen molar-refractivity contribution >= 4 is 57.1 Å². The molecule has 0 saturated heterocycles. The number of hydrogen-bond acceptors (Lipinski definition) is 6. The number of rotatable bonds is 4. The van der Waals surface area contributed by atoms with Crippen LogP contribution in [0.15, 0.2) is 36.4 Å². The van der Waals surface area contributed by atoms with Crippen molar-refractivity contribution in [2.24, 2.45) is 0 Å². The van der Waals surface area contributed by atoms with Crippen LogP contribution in [0.2, 0.25) is 10.0 Å².